The van der Waals surface area contributed by atoms with E-state index in [4.69, 9.17) is 0 Å². The summed E-state index contributed by atoms with van der Waals surface area (Å²) < 4.78 is 2.16. The van der Waals surface area contributed by atoms with Gasteiger partial charge in [-0.25, -0.2) is 0 Å². The fourth-order valence-corrected chi connectivity index (χ4v) is 4.21. The van der Waals surface area contributed by atoms with Gasteiger partial charge in [0.1, 0.15) is 11.6 Å². The molecule has 2 heterocycles. The maximum absolute atomic E-state index is 12.8. The van der Waals surface area contributed by atoms with Crippen molar-refractivity contribution < 1.29 is 9.59 Å². The second-order valence-corrected chi connectivity index (χ2v) is 8.05. The third-order valence-corrected chi connectivity index (χ3v) is 5.79. The van der Waals surface area contributed by atoms with Gasteiger partial charge in [0.05, 0.1) is 6.07 Å². The summed E-state index contributed by atoms with van der Waals surface area (Å²) in [5.74, 6) is -0.384. The SMILES string of the molecule is CC1CC(NC(=O)c2ccc3c(ccn3C(C)C)c2)C(=O)N1C1(C#N)CC1. The van der Waals surface area contributed by atoms with E-state index in [0.717, 1.165) is 23.7 Å². The van der Waals surface area contributed by atoms with Gasteiger partial charge in [-0.1, -0.05) is 0 Å². The number of nitrogens with one attached hydrogen (secondary N) is 1. The fraction of sp³-hybridized carbons (Fsp3) is 0.476. The van der Waals surface area contributed by atoms with E-state index in [9.17, 15) is 14.9 Å². The van der Waals surface area contributed by atoms with Gasteiger partial charge in [-0.05, 0) is 64.3 Å². The molecule has 27 heavy (non-hydrogen) atoms. The number of rotatable bonds is 4. The summed E-state index contributed by atoms with van der Waals surface area (Å²) in [6.07, 6.45) is 4.02. The number of likely N-dealkylation sites (tertiary alicyclic amines) is 1. The van der Waals surface area contributed by atoms with Crippen LogP contribution in [0, 0.1) is 11.3 Å². The topological polar surface area (TPSA) is 78.1 Å². The number of hydrogen-bond acceptors (Lipinski definition) is 3. The number of benzene rings is 1. The summed E-state index contributed by atoms with van der Waals surface area (Å²) in [5, 5.41) is 13.3. The van der Waals surface area contributed by atoms with Crippen molar-refractivity contribution in [2.75, 3.05) is 0 Å². The molecule has 6 heteroatoms. The van der Waals surface area contributed by atoms with Crippen LogP contribution in [0.25, 0.3) is 10.9 Å². The highest BCUT2D eigenvalue weighted by Gasteiger charge is 2.56. The first-order valence-corrected chi connectivity index (χ1v) is 9.52. The van der Waals surface area contributed by atoms with Gasteiger partial charge < -0.3 is 14.8 Å². The minimum atomic E-state index is -0.644. The minimum Gasteiger partial charge on any atom is -0.345 e. The molecular formula is C21H24N4O2. The normalized spacial score (nSPS) is 23.7. The molecule has 1 aromatic heterocycles. The van der Waals surface area contributed by atoms with Crippen LogP contribution >= 0.6 is 0 Å². The van der Waals surface area contributed by atoms with Crippen molar-refractivity contribution in [2.24, 2.45) is 0 Å². The molecule has 2 atom stereocenters. The van der Waals surface area contributed by atoms with Crippen LogP contribution < -0.4 is 5.32 Å². The zero-order valence-electron chi connectivity index (χ0n) is 15.9. The summed E-state index contributed by atoms with van der Waals surface area (Å²) in [7, 11) is 0. The molecule has 1 N–H and O–H groups in total. The molecule has 1 aromatic carbocycles. The maximum Gasteiger partial charge on any atom is 0.251 e. The Bertz CT molecular complexity index is 964. The van der Waals surface area contributed by atoms with Gasteiger partial charge in [-0.2, -0.15) is 5.26 Å². The summed E-state index contributed by atoms with van der Waals surface area (Å²) in [5.41, 5.74) is 0.988. The van der Waals surface area contributed by atoms with Crippen LogP contribution in [0.2, 0.25) is 0 Å². The zero-order valence-corrected chi connectivity index (χ0v) is 15.9. The molecule has 1 saturated heterocycles. The van der Waals surface area contributed by atoms with E-state index in [2.05, 4.69) is 29.8 Å². The number of nitriles is 1. The van der Waals surface area contributed by atoms with E-state index in [1.54, 1.807) is 11.0 Å². The molecule has 0 radical (unpaired) electrons. The molecule has 1 aliphatic heterocycles. The molecule has 2 unspecified atom stereocenters. The number of carbonyl (C=O) groups excluding carboxylic acids is 2. The van der Waals surface area contributed by atoms with Crippen molar-refractivity contribution in [3.63, 3.8) is 0 Å². The Hall–Kier alpha value is -2.81. The Morgan fingerprint density at radius 1 is 1.33 bits per heavy atom. The van der Waals surface area contributed by atoms with Gasteiger partial charge in [0, 0.05) is 34.7 Å². The van der Waals surface area contributed by atoms with Gasteiger partial charge in [0.2, 0.25) is 5.91 Å². The van der Waals surface area contributed by atoms with Crippen molar-refractivity contribution in [2.45, 2.75) is 63.7 Å². The molecule has 2 fully saturated rings. The smallest absolute Gasteiger partial charge is 0.251 e. The maximum atomic E-state index is 12.8. The molecule has 1 aliphatic carbocycles. The van der Waals surface area contributed by atoms with Crippen LogP contribution in [0.1, 0.15) is 56.4 Å². The van der Waals surface area contributed by atoms with Crippen LogP contribution in [0.3, 0.4) is 0 Å². The van der Waals surface area contributed by atoms with Crippen molar-refractivity contribution in [1.29, 1.82) is 5.26 Å². The van der Waals surface area contributed by atoms with Gasteiger partial charge in [-0.3, -0.25) is 9.59 Å². The standard InChI is InChI=1S/C21H24N4O2/c1-13(2)24-9-6-15-11-16(4-5-18(15)24)19(26)23-17-10-14(3)25(20(17)27)21(12-22)7-8-21/h4-6,9,11,13-14,17H,7-8,10H2,1-3H3,(H,23,26). The average Bonchev–Trinajstić information content (AvgIpc) is 3.21. The molecule has 2 aliphatic rings. The van der Waals surface area contributed by atoms with Crippen LogP contribution in [0.4, 0.5) is 0 Å². The Morgan fingerprint density at radius 3 is 2.70 bits per heavy atom. The summed E-state index contributed by atoms with van der Waals surface area (Å²) in [4.78, 5) is 27.2. The second-order valence-electron chi connectivity index (χ2n) is 8.05. The van der Waals surface area contributed by atoms with E-state index < -0.39 is 11.6 Å². The van der Waals surface area contributed by atoms with E-state index >= 15 is 0 Å². The second kappa shape index (κ2) is 6.12. The first-order valence-electron chi connectivity index (χ1n) is 9.52. The summed E-state index contributed by atoms with van der Waals surface area (Å²) >= 11 is 0. The van der Waals surface area contributed by atoms with Crippen molar-refractivity contribution in [1.82, 2.24) is 14.8 Å². The molecule has 0 spiro atoms. The molecular weight excluding hydrogens is 340 g/mol. The summed E-state index contributed by atoms with van der Waals surface area (Å²) in [6.45, 7) is 6.18. The van der Waals surface area contributed by atoms with Crippen LogP contribution in [-0.4, -0.2) is 38.9 Å². The lowest BCUT2D eigenvalue weighted by molar-refractivity contribution is -0.132. The molecule has 2 amide bonds. The van der Waals surface area contributed by atoms with Gasteiger partial charge >= 0.3 is 0 Å². The first kappa shape index (κ1) is 17.6. The van der Waals surface area contributed by atoms with E-state index in [0.29, 0.717) is 18.0 Å². The first-order chi connectivity index (χ1) is 12.9. The average molecular weight is 364 g/mol. The molecule has 6 nitrogen and oxygen atoms in total. The Labute approximate surface area is 158 Å². The van der Waals surface area contributed by atoms with E-state index in [1.165, 1.54) is 0 Å². The van der Waals surface area contributed by atoms with Gasteiger partial charge in [0.25, 0.3) is 5.91 Å². The third kappa shape index (κ3) is 2.78. The van der Waals surface area contributed by atoms with Crippen molar-refractivity contribution in [3.05, 3.63) is 36.0 Å². The van der Waals surface area contributed by atoms with E-state index in [1.807, 2.05) is 31.3 Å². The van der Waals surface area contributed by atoms with Crippen LogP contribution in [0.5, 0.6) is 0 Å². The number of fused-ring (bicyclic) bond motifs is 1. The molecule has 0 bridgehead atoms. The zero-order chi connectivity index (χ0) is 19.3. The highest BCUT2D eigenvalue weighted by Crippen LogP contribution is 2.45. The molecule has 140 valence electrons. The Balaban J connectivity index is 1.52. The number of hydrogen-bond donors (Lipinski definition) is 1. The third-order valence-electron chi connectivity index (χ3n) is 5.79. The predicted molar refractivity (Wildman–Crippen MR) is 102 cm³/mol. The largest absolute Gasteiger partial charge is 0.345 e. The number of carbonyl (C=O) groups is 2. The summed E-state index contributed by atoms with van der Waals surface area (Å²) in [6, 6.07) is 9.65. The number of nitrogens with zero attached hydrogens (tertiary/aromatic N) is 3. The highest BCUT2D eigenvalue weighted by atomic mass is 16.2. The lowest BCUT2D eigenvalue weighted by atomic mass is 10.1. The van der Waals surface area contributed by atoms with Crippen molar-refractivity contribution in [3.8, 4) is 6.07 Å². The quantitative estimate of drug-likeness (QED) is 0.906. The van der Waals surface area contributed by atoms with Gasteiger partial charge in [-0.15, -0.1) is 0 Å². The lowest BCUT2D eigenvalue weighted by Gasteiger charge is -2.26. The molecule has 1 saturated carbocycles. The fourth-order valence-electron chi connectivity index (χ4n) is 4.21. The van der Waals surface area contributed by atoms with E-state index in [-0.39, 0.29) is 17.9 Å². The molecule has 4 rings (SSSR count). The van der Waals surface area contributed by atoms with Crippen LogP contribution in [0.15, 0.2) is 30.5 Å². The van der Waals surface area contributed by atoms with Gasteiger partial charge in [0.15, 0.2) is 0 Å². The molecule has 2 aromatic rings. The van der Waals surface area contributed by atoms with Crippen LogP contribution in [-0.2, 0) is 4.79 Å². The monoisotopic (exact) mass is 364 g/mol. The lowest BCUT2D eigenvalue weighted by Crippen LogP contribution is -2.46. The van der Waals surface area contributed by atoms with Crippen molar-refractivity contribution >= 4 is 22.7 Å². The Kier molecular flexibility index (Phi) is 3.99. The minimum absolute atomic E-state index is 0.0347. The number of aromatic nitrogens is 1. The predicted octanol–water partition coefficient (Wildman–Crippen LogP) is 3.00. The number of amides is 2. The highest BCUT2D eigenvalue weighted by molar-refractivity contribution is 6.01. The Morgan fingerprint density at radius 2 is 2.07 bits per heavy atom.